The molecule has 1 aliphatic heterocycles. The fourth-order valence-corrected chi connectivity index (χ4v) is 4.39. The second-order valence-corrected chi connectivity index (χ2v) is 8.62. The van der Waals surface area contributed by atoms with Crippen LogP contribution in [0.5, 0.6) is 5.75 Å². The van der Waals surface area contributed by atoms with Gasteiger partial charge in [-0.1, -0.05) is 19.9 Å². The molecule has 1 aromatic rings. The zero-order valence-electron chi connectivity index (χ0n) is 16.4. The van der Waals surface area contributed by atoms with E-state index in [1.165, 1.54) is 19.2 Å². The van der Waals surface area contributed by atoms with Crippen molar-refractivity contribution in [2.75, 3.05) is 38.3 Å². The van der Waals surface area contributed by atoms with Crippen molar-refractivity contribution >= 4 is 21.4 Å². The largest absolute Gasteiger partial charge is 0.496 e. The van der Waals surface area contributed by atoms with Crippen LogP contribution in [-0.2, 0) is 9.84 Å². The molecule has 1 aliphatic rings. The molecule has 0 aliphatic carbocycles. The number of likely N-dealkylation sites (tertiary alicyclic amines) is 1. The molecule has 1 amide bonds. The number of nitrogens with one attached hydrogen (secondary N) is 2. The minimum atomic E-state index is -3.49. The van der Waals surface area contributed by atoms with Gasteiger partial charge in [-0.05, 0) is 32.0 Å². The zero-order valence-corrected chi connectivity index (χ0v) is 17.2. The van der Waals surface area contributed by atoms with Gasteiger partial charge in [0.1, 0.15) is 5.75 Å². The Labute approximate surface area is 161 Å². The van der Waals surface area contributed by atoms with E-state index < -0.39 is 15.7 Å². The first-order valence-corrected chi connectivity index (χ1v) is 10.9. The van der Waals surface area contributed by atoms with Gasteiger partial charge in [0.25, 0.3) is 5.91 Å². The zero-order chi connectivity index (χ0) is 20.0. The number of likely N-dealkylation sites (N-methyl/N-ethyl adjacent to an activating group) is 1. The molecule has 0 bridgehead atoms. The van der Waals surface area contributed by atoms with Crippen LogP contribution in [0.3, 0.4) is 0 Å². The smallest absolute Gasteiger partial charge is 0.258 e. The van der Waals surface area contributed by atoms with Crippen molar-refractivity contribution in [3.63, 3.8) is 0 Å². The minimum Gasteiger partial charge on any atom is -0.496 e. The van der Waals surface area contributed by atoms with Crippen molar-refractivity contribution in [2.45, 2.75) is 37.6 Å². The van der Waals surface area contributed by atoms with Gasteiger partial charge in [0.2, 0.25) is 0 Å². The molecule has 7 nitrogen and oxygen atoms in total. The molecule has 1 heterocycles. The summed E-state index contributed by atoms with van der Waals surface area (Å²) in [5.41, 5.74) is 0.595. The molecule has 0 unspecified atom stereocenters. The number of rotatable bonds is 8. The van der Waals surface area contributed by atoms with Crippen molar-refractivity contribution in [1.29, 1.82) is 0 Å². The highest BCUT2D eigenvalue weighted by molar-refractivity contribution is 7.91. The second-order valence-electron chi connectivity index (χ2n) is 6.37. The first-order chi connectivity index (χ1) is 12.9. The molecule has 1 atom stereocenters. The molecule has 150 valence electrons. The number of nitrogens with zero attached hydrogens (tertiary/aromatic N) is 1. The van der Waals surface area contributed by atoms with Gasteiger partial charge in [-0.3, -0.25) is 9.69 Å². The topological polar surface area (TPSA) is 87.7 Å². The number of carbonyl (C=O) groups is 1. The number of benzene rings is 1. The Morgan fingerprint density at radius 1 is 1.37 bits per heavy atom. The van der Waals surface area contributed by atoms with Crippen LogP contribution in [0, 0.1) is 0 Å². The third kappa shape index (κ3) is 4.81. The lowest BCUT2D eigenvalue weighted by atomic mass is 10.1. The Morgan fingerprint density at radius 2 is 2.11 bits per heavy atom. The van der Waals surface area contributed by atoms with E-state index in [0.29, 0.717) is 17.5 Å². The van der Waals surface area contributed by atoms with E-state index >= 15 is 0 Å². The summed E-state index contributed by atoms with van der Waals surface area (Å²) in [5, 5.41) is 5.60. The number of carbonyl (C=O) groups excluding carboxylic acids is 1. The Bertz CT molecular complexity index is 805. The minimum absolute atomic E-state index is 0.0521. The third-order valence-corrected chi connectivity index (χ3v) is 6.65. The van der Waals surface area contributed by atoms with Crippen molar-refractivity contribution < 1.29 is 17.9 Å². The van der Waals surface area contributed by atoms with Gasteiger partial charge in [0.05, 0.1) is 29.0 Å². The molecule has 8 heteroatoms. The summed E-state index contributed by atoms with van der Waals surface area (Å²) in [6.45, 7) is 5.73. The van der Waals surface area contributed by atoms with Crippen molar-refractivity contribution in [1.82, 2.24) is 10.2 Å². The molecule has 1 saturated heterocycles. The van der Waals surface area contributed by atoms with Crippen LogP contribution in [0.2, 0.25) is 0 Å². The van der Waals surface area contributed by atoms with Crippen molar-refractivity contribution in [3.05, 3.63) is 30.0 Å². The van der Waals surface area contributed by atoms with Crippen LogP contribution < -0.4 is 15.4 Å². The van der Waals surface area contributed by atoms with E-state index in [9.17, 15) is 13.2 Å². The lowest BCUT2D eigenvalue weighted by Crippen LogP contribution is -2.28. The van der Waals surface area contributed by atoms with Crippen molar-refractivity contribution in [2.24, 2.45) is 0 Å². The van der Waals surface area contributed by atoms with Gasteiger partial charge in [-0.25, -0.2) is 8.42 Å². The summed E-state index contributed by atoms with van der Waals surface area (Å²) in [6, 6.07) is 3.23. The average Bonchev–Trinajstić information content (AvgIpc) is 3.14. The summed E-state index contributed by atoms with van der Waals surface area (Å²) in [6.07, 6.45) is 5.83. The van der Waals surface area contributed by atoms with E-state index in [0.717, 1.165) is 25.9 Å². The average molecular weight is 396 g/mol. The van der Waals surface area contributed by atoms with Gasteiger partial charge >= 0.3 is 0 Å². The number of hydrogen-bond donors (Lipinski definition) is 2. The lowest BCUT2D eigenvalue weighted by molar-refractivity contribution is 0.0966. The highest BCUT2D eigenvalue weighted by Crippen LogP contribution is 2.31. The maximum atomic E-state index is 12.6. The van der Waals surface area contributed by atoms with E-state index in [4.69, 9.17) is 4.74 Å². The number of hydrogen-bond acceptors (Lipinski definition) is 6. The summed E-state index contributed by atoms with van der Waals surface area (Å²) in [4.78, 5) is 15.1. The summed E-state index contributed by atoms with van der Waals surface area (Å²) in [7, 11) is -0.406. The fourth-order valence-electron chi connectivity index (χ4n) is 3.29. The standard InChI is InChI=1S/C19H29N3O4S/c1-5-22-11-7-8-14(22)9-10-21-19(23)15-12-18(27(24,25)6-2)16(20-3)13-17(15)26-4/h9-10,12-14,20H,5-8,11H2,1-4H3,(H,21,23)/b10-9-/t14-/m1/s1. The summed E-state index contributed by atoms with van der Waals surface area (Å²) in [5.74, 6) is -0.139. The summed E-state index contributed by atoms with van der Waals surface area (Å²) < 4.78 is 30.1. The van der Waals surface area contributed by atoms with Crippen molar-refractivity contribution in [3.8, 4) is 5.75 Å². The maximum absolute atomic E-state index is 12.6. The molecule has 2 N–H and O–H groups in total. The maximum Gasteiger partial charge on any atom is 0.258 e. The lowest BCUT2D eigenvalue weighted by Gasteiger charge is -2.19. The van der Waals surface area contributed by atoms with Crippen LogP contribution in [0.1, 0.15) is 37.0 Å². The van der Waals surface area contributed by atoms with Crippen LogP contribution >= 0.6 is 0 Å². The highest BCUT2D eigenvalue weighted by Gasteiger charge is 2.23. The summed E-state index contributed by atoms with van der Waals surface area (Å²) >= 11 is 0. The first kappa shape index (κ1) is 21.2. The normalized spacial score (nSPS) is 18.0. The molecule has 0 saturated carbocycles. The fraction of sp³-hybridized carbons (Fsp3) is 0.526. The number of sulfone groups is 1. The predicted octanol–water partition coefficient (Wildman–Crippen LogP) is 2.26. The number of methoxy groups -OCH3 is 1. The monoisotopic (exact) mass is 395 g/mol. The molecule has 0 radical (unpaired) electrons. The Morgan fingerprint density at radius 3 is 2.70 bits per heavy atom. The number of ether oxygens (including phenoxy) is 1. The van der Waals surface area contributed by atoms with E-state index in [2.05, 4.69) is 22.5 Å². The SMILES string of the molecule is CCN1CCC[C@@H]1/C=C\NC(=O)c1cc(S(=O)(=O)CC)c(NC)cc1OC. The number of anilines is 1. The Balaban J connectivity index is 2.27. The van der Waals surface area contributed by atoms with Crippen LogP contribution in [0.25, 0.3) is 0 Å². The van der Waals surface area contributed by atoms with Gasteiger partial charge in [0.15, 0.2) is 9.84 Å². The van der Waals surface area contributed by atoms with Crippen LogP contribution in [0.4, 0.5) is 5.69 Å². The molecular formula is C19H29N3O4S. The molecule has 1 aromatic carbocycles. The Hall–Kier alpha value is -2.06. The molecular weight excluding hydrogens is 366 g/mol. The third-order valence-electron chi connectivity index (χ3n) is 4.88. The Kier molecular flexibility index (Phi) is 7.26. The van der Waals surface area contributed by atoms with E-state index in [1.54, 1.807) is 20.2 Å². The number of amides is 1. The quantitative estimate of drug-likeness (QED) is 0.702. The van der Waals surface area contributed by atoms with Crippen LogP contribution in [0.15, 0.2) is 29.3 Å². The molecule has 0 spiro atoms. The molecule has 1 fully saturated rings. The predicted molar refractivity (Wildman–Crippen MR) is 107 cm³/mol. The highest BCUT2D eigenvalue weighted by atomic mass is 32.2. The van der Waals surface area contributed by atoms with Gasteiger partial charge in [0, 0.05) is 25.4 Å². The second kappa shape index (κ2) is 9.23. The first-order valence-electron chi connectivity index (χ1n) is 9.22. The van der Waals surface area contributed by atoms with Gasteiger partial charge in [-0.2, -0.15) is 0 Å². The van der Waals surface area contributed by atoms with Crippen LogP contribution in [-0.4, -0.2) is 58.3 Å². The van der Waals surface area contributed by atoms with Gasteiger partial charge < -0.3 is 15.4 Å². The van der Waals surface area contributed by atoms with Gasteiger partial charge in [-0.15, -0.1) is 0 Å². The molecule has 2 rings (SSSR count). The van der Waals surface area contributed by atoms with E-state index in [-0.39, 0.29) is 16.2 Å². The van der Waals surface area contributed by atoms with E-state index in [1.807, 2.05) is 6.08 Å². The molecule has 27 heavy (non-hydrogen) atoms. The molecule has 0 aromatic heterocycles.